The molecular weight excluding hydrogens is 454 g/mol. The third-order valence-electron chi connectivity index (χ3n) is 6.44. The molecule has 1 atom stereocenters. The number of imidazole rings is 1. The van der Waals surface area contributed by atoms with E-state index in [1.165, 1.54) is 0 Å². The number of hydrogen-bond donors (Lipinski definition) is 0. The van der Waals surface area contributed by atoms with Crippen molar-refractivity contribution in [1.29, 1.82) is 0 Å². The van der Waals surface area contributed by atoms with Gasteiger partial charge in [-0.25, -0.2) is 29.7 Å². The number of fused-ring (bicyclic) bond motifs is 2. The topological polar surface area (TPSA) is 105 Å². The Bertz CT molecular complexity index is 1770. The van der Waals surface area contributed by atoms with Crippen LogP contribution in [-0.4, -0.2) is 34.1 Å². The molecular formula is C27H23N7O2. The second-order valence-corrected chi connectivity index (χ2v) is 8.60. The molecule has 0 N–H and O–H groups in total. The lowest BCUT2D eigenvalue weighted by molar-refractivity contribution is 0.490. The average molecular weight is 478 g/mol. The van der Waals surface area contributed by atoms with Crippen LogP contribution in [0.2, 0.25) is 0 Å². The molecule has 0 aliphatic carbocycles. The second kappa shape index (κ2) is 8.53. The van der Waals surface area contributed by atoms with Gasteiger partial charge in [-0.3, -0.25) is 4.57 Å². The van der Waals surface area contributed by atoms with E-state index in [4.69, 9.17) is 9.40 Å². The maximum absolute atomic E-state index is 12.8. The Morgan fingerprint density at radius 2 is 1.75 bits per heavy atom. The molecule has 0 fully saturated rings. The fourth-order valence-corrected chi connectivity index (χ4v) is 4.60. The van der Waals surface area contributed by atoms with E-state index in [0.29, 0.717) is 34.7 Å². The monoisotopic (exact) mass is 477 g/mol. The van der Waals surface area contributed by atoms with E-state index in [2.05, 4.69) is 19.9 Å². The van der Waals surface area contributed by atoms with Gasteiger partial charge in [0.15, 0.2) is 11.2 Å². The number of aromatic nitrogens is 7. The minimum atomic E-state index is -0.400. The van der Waals surface area contributed by atoms with Crippen molar-refractivity contribution in [3.63, 3.8) is 0 Å². The van der Waals surface area contributed by atoms with Gasteiger partial charge >= 0.3 is 5.76 Å². The minimum absolute atomic E-state index is 0.201. The summed E-state index contributed by atoms with van der Waals surface area (Å²) in [6.45, 7) is 6.55. The van der Waals surface area contributed by atoms with E-state index in [9.17, 15) is 4.79 Å². The highest BCUT2D eigenvalue weighted by Crippen LogP contribution is 2.32. The van der Waals surface area contributed by atoms with Gasteiger partial charge in [-0.1, -0.05) is 30.3 Å². The van der Waals surface area contributed by atoms with Crippen LogP contribution in [0.3, 0.4) is 0 Å². The largest absolute Gasteiger partial charge is 0.420 e. The molecule has 0 unspecified atom stereocenters. The van der Waals surface area contributed by atoms with Gasteiger partial charge in [0.05, 0.1) is 17.1 Å². The third kappa shape index (κ3) is 3.48. The van der Waals surface area contributed by atoms with Gasteiger partial charge in [-0.15, -0.1) is 0 Å². The van der Waals surface area contributed by atoms with E-state index >= 15 is 0 Å². The van der Waals surface area contributed by atoms with E-state index < -0.39 is 5.76 Å². The molecule has 0 radical (unpaired) electrons. The lowest BCUT2D eigenvalue weighted by atomic mass is 10.1. The zero-order valence-electron chi connectivity index (χ0n) is 20.1. The fourth-order valence-electron chi connectivity index (χ4n) is 4.60. The maximum Gasteiger partial charge on any atom is 0.420 e. The molecule has 9 heteroatoms. The highest BCUT2D eigenvalue weighted by molar-refractivity contribution is 5.92. The summed E-state index contributed by atoms with van der Waals surface area (Å²) in [5, 5.41) is 0. The molecule has 0 amide bonds. The first kappa shape index (κ1) is 21.8. The first-order valence-electron chi connectivity index (χ1n) is 11.8. The first-order chi connectivity index (χ1) is 17.5. The summed E-state index contributed by atoms with van der Waals surface area (Å²) in [6, 6.07) is 15.3. The predicted octanol–water partition coefficient (Wildman–Crippen LogP) is 4.80. The van der Waals surface area contributed by atoms with Crippen molar-refractivity contribution >= 4 is 22.3 Å². The van der Waals surface area contributed by atoms with Crippen molar-refractivity contribution in [1.82, 2.24) is 34.1 Å². The summed E-state index contributed by atoms with van der Waals surface area (Å²) in [7, 11) is 0. The van der Waals surface area contributed by atoms with E-state index in [-0.39, 0.29) is 6.04 Å². The quantitative estimate of drug-likeness (QED) is 0.351. The highest BCUT2D eigenvalue weighted by atomic mass is 16.4. The van der Waals surface area contributed by atoms with Crippen molar-refractivity contribution in [3.8, 4) is 22.6 Å². The van der Waals surface area contributed by atoms with Crippen LogP contribution in [0.1, 0.15) is 31.3 Å². The molecule has 4 aromatic heterocycles. The Morgan fingerprint density at radius 1 is 0.972 bits per heavy atom. The number of nitrogens with zero attached hydrogens (tertiary/aromatic N) is 7. The summed E-state index contributed by atoms with van der Waals surface area (Å²) >= 11 is 0. The lowest BCUT2D eigenvalue weighted by Gasteiger charge is -2.13. The number of benzene rings is 2. The van der Waals surface area contributed by atoms with Gasteiger partial charge in [0.25, 0.3) is 0 Å². The van der Waals surface area contributed by atoms with Gasteiger partial charge in [0.1, 0.15) is 29.2 Å². The molecule has 0 saturated heterocycles. The van der Waals surface area contributed by atoms with Crippen LogP contribution in [0.25, 0.3) is 44.9 Å². The minimum Gasteiger partial charge on any atom is -0.408 e. The van der Waals surface area contributed by atoms with E-state index in [0.717, 1.165) is 28.2 Å². The van der Waals surface area contributed by atoms with Gasteiger partial charge in [-0.05, 0) is 44.5 Å². The predicted molar refractivity (Wildman–Crippen MR) is 136 cm³/mol. The maximum atomic E-state index is 12.8. The molecule has 2 aromatic carbocycles. The van der Waals surface area contributed by atoms with Gasteiger partial charge in [-0.2, -0.15) is 0 Å². The van der Waals surface area contributed by atoms with Crippen molar-refractivity contribution in [2.45, 2.75) is 33.4 Å². The molecule has 178 valence electrons. The van der Waals surface area contributed by atoms with E-state index in [1.54, 1.807) is 29.4 Å². The van der Waals surface area contributed by atoms with Crippen LogP contribution in [0, 0.1) is 6.92 Å². The highest BCUT2D eigenvalue weighted by Gasteiger charge is 2.21. The number of oxazole rings is 1. The SMILES string of the molecule is CCn1c(-c2cnc(C)nc2)nc2c(-c3ccc4oc(=O)n([C@H](C)c5ccccc5)c4c3)ncnc21. The summed E-state index contributed by atoms with van der Waals surface area (Å²) in [5.41, 5.74) is 5.93. The molecule has 4 heterocycles. The zero-order valence-corrected chi connectivity index (χ0v) is 20.1. The summed E-state index contributed by atoms with van der Waals surface area (Å²) in [6.07, 6.45) is 5.08. The lowest BCUT2D eigenvalue weighted by Crippen LogP contribution is -2.19. The fraction of sp³-hybridized carbons (Fsp3) is 0.185. The van der Waals surface area contributed by atoms with Gasteiger partial charge in [0.2, 0.25) is 0 Å². The Balaban J connectivity index is 1.53. The molecule has 0 saturated carbocycles. The summed E-state index contributed by atoms with van der Waals surface area (Å²) < 4.78 is 9.27. The standard InChI is InChI=1S/C27H23N7O2/c1-4-33-25(20-13-28-17(3)29-14-20)32-24-23(30-15-31-26(24)33)19-10-11-22-21(12-19)34(27(35)36-22)16(2)18-8-6-5-7-9-18/h5-16H,4H2,1-3H3/t16-/m1/s1. The average Bonchev–Trinajstić information content (AvgIpc) is 3.45. The van der Waals surface area contributed by atoms with Crippen LogP contribution in [0.5, 0.6) is 0 Å². The normalized spacial score (nSPS) is 12.4. The number of aryl methyl sites for hydroxylation is 2. The van der Waals surface area contributed by atoms with Crippen LogP contribution >= 0.6 is 0 Å². The smallest absolute Gasteiger partial charge is 0.408 e. The molecule has 9 nitrogen and oxygen atoms in total. The van der Waals surface area contributed by atoms with Crippen molar-refractivity contribution in [2.75, 3.05) is 0 Å². The van der Waals surface area contributed by atoms with Gasteiger partial charge in [0, 0.05) is 24.5 Å². The van der Waals surface area contributed by atoms with Crippen LogP contribution < -0.4 is 5.76 Å². The van der Waals surface area contributed by atoms with Crippen LogP contribution in [0.15, 0.2) is 76.5 Å². The number of rotatable bonds is 5. The molecule has 0 bridgehead atoms. The van der Waals surface area contributed by atoms with E-state index in [1.807, 2.05) is 67.8 Å². The van der Waals surface area contributed by atoms with Crippen molar-refractivity contribution in [3.05, 3.63) is 89.2 Å². The van der Waals surface area contributed by atoms with Crippen LogP contribution in [0.4, 0.5) is 0 Å². The Morgan fingerprint density at radius 3 is 2.50 bits per heavy atom. The Kier molecular flexibility index (Phi) is 5.18. The number of hydrogen-bond acceptors (Lipinski definition) is 7. The van der Waals surface area contributed by atoms with Crippen molar-refractivity contribution in [2.24, 2.45) is 0 Å². The molecule has 0 aliphatic heterocycles. The third-order valence-corrected chi connectivity index (χ3v) is 6.44. The molecule has 6 rings (SSSR count). The van der Waals surface area contributed by atoms with Crippen molar-refractivity contribution < 1.29 is 4.42 Å². The first-order valence-corrected chi connectivity index (χ1v) is 11.8. The second-order valence-electron chi connectivity index (χ2n) is 8.60. The zero-order chi connectivity index (χ0) is 24.8. The summed E-state index contributed by atoms with van der Waals surface area (Å²) in [4.78, 5) is 35.5. The Labute approximate surface area is 206 Å². The molecule has 6 aromatic rings. The molecule has 36 heavy (non-hydrogen) atoms. The van der Waals surface area contributed by atoms with Crippen LogP contribution in [-0.2, 0) is 6.54 Å². The summed E-state index contributed by atoms with van der Waals surface area (Å²) in [5.74, 6) is 1.03. The molecule has 0 spiro atoms. The van der Waals surface area contributed by atoms with Gasteiger partial charge < -0.3 is 8.98 Å². The molecule has 0 aliphatic rings. The Hall–Kier alpha value is -4.66.